The summed E-state index contributed by atoms with van der Waals surface area (Å²) in [5, 5.41) is 1.99. The highest BCUT2D eigenvalue weighted by atomic mass is 19.4. The van der Waals surface area contributed by atoms with Crippen LogP contribution >= 0.6 is 0 Å². The van der Waals surface area contributed by atoms with Crippen LogP contribution in [-0.2, 0) is 4.79 Å². The van der Waals surface area contributed by atoms with Crippen molar-refractivity contribution in [2.75, 3.05) is 0 Å². The number of halogens is 3. The Labute approximate surface area is 81.9 Å². The maximum Gasteiger partial charge on any atom is 0.408 e. The Morgan fingerprint density at radius 2 is 1.57 bits per heavy atom. The van der Waals surface area contributed by atoms with Crippen molar-refractivity contribution in [1.82, 2.24) is 5.32 Å². The summed E-state index contributed by atoms with van der Waals surface area (Å²) in [6.07, 6.45) is -4.38. The summed E-state index contributed by atoms with van der Waals surface area (Å²) in [6.45, 7) is 5.98. The van der Waals surface area contributed by atoms with Gasteiger partial charge >= 0.3 is 6.18 Å². The number of alkyl halides is 3. The molecular formula is C9H16F3NO. The Balaban J connectivity index is 4.48. The Kier molecular flexibility index (Phi) is 4.42. The quantitative estimate of drug-likeness (QED) is 0.762. The van der Waals surface area contributed by atoms with E-state index in [1.165, 1.54) is 13.8 Å². The first kappa shape index (κ1) is 13.3. The molecule has 0 rings (SSSR count). The molecule has 0 aliphatic carbocycles. The van der Waals surface area contributed by atoms with Gasteiger partial charge < -0.3 is 5.32 Å². The second kappa shape index (κ2) is 4.66. The first-order valence-electron chi connectivity index (χ1n) is 4.53. The molecule has 5 heteroatoms. The molecule has 1 atom stereocenters. The maximum atomic E-state index is 12.4. The van der Waals surface area contributed by atoms with E-state index in [1.807, 2.05) is 5.32 Å². The molecule has 0 heterocycles. The van der Waals surface area contributed by atoms with Crippen molar-refractivity contribution in [1.29, 1.82) is 0 Å². The van der Waals surface area contributed by atoms with Gasteiger partial charge in [-0.3, -0.25) is 4.79 Å². The smallest absolute Gasteiger partial charge is 0.344 e. The first-order chi connectivity index (χ1) is 6.16. The van der Waals surface area contributed by atoms with Gasteiger partial charge in [-0.15, -0.1) is 0 Å². The van der Waals surface area contributed by atoms with Crippen LogP contribution in [0.15, 0.2) is 0 Å². The summed E-state index contributed by atoms with van der Waals surface area (Å²) in [5.74, 6) is -1.66. The fourth-order valence-corrected chi connectivity index (χ4v) is 0.946. The van der Waals surface area contributed by atoms with E-state index in [9.17, 15) is 18.0 Å². The molecule has 0 aliphatic heterocycles. The molecule has 0 fully saturated rings. The zero-order valence-corrected chi connectivity index (χ0v) is 8.77. The molecule has 2 nitrogen and oxygen atoms in total. The molecule has 0 aliphatic rings. The SMILES string of the molecule is CC(C)C(=O)NC(C(C)C)C(F)(F)F. The zero-order valence-electron chi connectivity index (χ0n) is 8.77. The van der Waals surface area contributed by atoms with E-state index in [-0.39, 0.29) is 0 Å². The van der Waals surface area contributed by atoms with Gasteiger partial charge in [0.2, 0.25) is 5.91 Å². The van der Waals surface area contributed by atoms with Crippen molar-refractivity contribution >= 4 is 5.91 Å². The molecule has 0 aromatic carbocycles. The molecule has 14 heavy (non-hydrogen) atoms. The second-order valence-corrected chi connectivity index (χ2v) is 3.93. The third kappa shape index (κ3) is 3.98. The second-order valence-electron chi connectivity index (χ2n) is 3.93. The largest absolute Gasteiger partial charge is 0.408 e. The number of nitrogens with one attached hydrogen (secondary N) is 1. The van der Waals surface area contributed by atoms with Gasteiger partial charge in [-0.25, -0.2) is 0 Å². The standard InChI is InChI=1S/C9H16F3NO/c1-5(2)7(9(10,11)12)13-8(14)6(3)4/h5-7H,1-4H3,(H,13,14). The zero-order chi connectivity index (χ0) is 11.5. The molecule has 0 radical (unpaired) electrons. The predicted molar refractivity (Wildman–Crippen MR) is 47.7 cm³/mol. The molecule has 0 saturated heterocycles. The number of amides is 1. The minimum absolute atomic E-state index is 0.432. The number of carbonyl (C=O) groups is 1. The van der Waals surface area contributed by atoms with Crippen molar-refractivity contribution in [2.45, 2.75) is 39.9 Å². The van der Waals surface area contributed by atoms with Gasteiger partial charge in [0.05, 0.1) is 0 Å². The number of carbonyl (C=O) groups excluding carboxylic acids is 1. The van der Waals surface area contributed by atoms with E-state index in [2.05, 4.69) is 0 Å². The predicted octanol–water partition coefficient (Wildman–Crippen LogP) is 2.35. The molecule has 84 valence electrons. The minimum atomic E-state index is -4.38. The van der Waals surface area contributed by atoms with Crippen LogP contribution in [0.2, 0.25) is 0 Å². The highest BCUT2D eigenvalue weighted by Crippen LogP contribution is 2.25. The molecular weight excluding hydrogens is 195 g/mol. The fraction of sp³-hybridized carbons (Fsp3) is 0.889. The van der Waals surface area contributed by atoms with Gasteiger partial charge in [-0.1, -0.05) is 27.7 Å². The third-order valence-corrected chi connectivity index (χ3v) is 1.84. The monoisotopic (exact) mass is 211 g/mol. The summed E-state index contributed by atoms with van der Waals surface area (Å²) in [7, 11) is 0. The summed E-state index contributed by atoms with van der Waals surface area (Å²) < 4.78 is 37.1. The summed E-state index contributed by atoms with van der Waals surface area (Å²) in [4.78, 5) is 11.1. The number of hydrogen-bond donors (Lipinski definition) is 1. The Hall–Kier alpha value is -0.740. The number of hydrogen-bond acceptors (Lipinski definition) is 1. The Morgan fingerprint density at radius 3 is 1.79 bits per heavy atom. The average molecular weight is 211 g/mol. The van der Waals surface area contributed by atoms with Gasteiger partial charge in [-0.05, 0) is 5.92 Å². The minimum Gasteiger partial charge on any atom is -0.344 e. The summed E-state index contributed by atoms with van der Waals surface area (Å²) in [5.41, 5.74) is 0. The van der Waals surface area contributed by atoms with E-state index in [0.717, 1.165) is 0 Å². The van der Waals surface area contributed by atoms with Crippen LogP contribution in [0, 0.1) is 11.8 Å². The molecule has 0 spiro atoms. The molecule has 0 aromatic rings. The lowest BCUT2D eigenvalue weighted by atomic mass is 10.0. The van der Waals surface area contributed by atoms with Crippen LogP contribution in [0.5, 0.6) is 0 Å². The van der Waals surface area contributed by atoms with Crippen molar-refractivity contribution in [2.24, 2.45) is 11.8 Å². The van der Waals surface area contributed by atoms with Gasteiger partial charge in [0, 0.05) is 5.92 Å². The van der Waals surface area contributed by atoms with Crippen molar-refractivity contribution in [3.63, 3.8) is 0 Å². The van der Waals surface area contributed by atoms with Crippen molar-refractivity contribution in [3.05, 3.63) is 0 Å². The lowest BCUT2D eigenvalue weighted by molar-refractivity contribution is -0.170. The normalized spacial score (nSPS) is 14.6. The van der Waals surface area contributed by atoms with E-state index >= 15 is 0 Å². The molecule has 0 aromatic heterocycles. The van der Waals surface area contributed by atoms with E-state index in [1.54, 1.807) is 13.8 Å². The molecule has 0 bridgehead atoms. The van der Waals surface area contributed by atoms with Crippen LogP contribution in [-0.4, -0.2) is 18.1 Å². The Morgan fingerprint density at radius 1 is 1.14 bits per heavy atom. The fourth-order valence-electron chi connectivity index (χ4n) is 0.946. The number of rotatable bonds is 3. The van der Waals surface area contributed by atoms with Gasteiger partial charge in [0.25, 0.3) is 0 Å². The van der Waals surface area contributed by atoms with Gasteiger partial charge in [0.15, 0.2) is 0 Å². The van der Waals surface area contributed by atoms with Crippen LogP contribution in [0.1, 0.15) is 27.7 Å². The van der Waals surface area contributed by atoms with Crippen LogP contribution < -0.4 is 5.32 Å². The summed E-state index contributed by atoms with van der Waals surface area (Å²) in [6, 6.07) is -1.75. The van der Waals surface area contributed by atoms with Gasteiger partial charge in [0.1, 0.15) is 6.04 Å². The lowest BCUT2D eigenvalue weighted by Crippen LogP contribution is -2.49. The topological polar surface area (TPSA) is 29.1 Å². The molecule has 0 saturated carbocycles. The highest BCUT2D eigenvalue weighted by molar-refractivity contribution is 5.78. The van der Waals surface area contributed by atoms with Crippen molar-refractivity contribution < 1.29 is 18.0 Å². The van der Waals surface area contributed by atoms with Crippen LogP contribution in [0.25, 0.3) is 0 Å². The average Bonchev–Trinajstić information content (AvgIpc) is 1.96. The molecule has 1 amide bonds. The van der Waals surface area contributed by atoms with Crippen LogP contribution in [0.4, 0.5) is 13.2 Å². The van der Waals surface area contributed by atoms with E-state index < -0.39 is 30.0 Å². The van der Waals surface area contributed by atoms with Crippen LogP contribution in [0.3, 0.4) is 0 Å². The van der Waals surface area contributed by atoms with E-state index in [0.29, 0.717) is 0 Å². The lowest BCUT2D eigenvalue weighted by Gasteiger charge is -2.25. The van der Waals surface area contributed by atoms with E-state index in [4.69, 9.17) is 0 Å². The molecule has 1 unspecified atom stereocenters. The first-order valence-corrected chi connectivity index (χ1v) is 4.53. The Bertz CT molecular complexity index is 199. The van der Waals surface area contributed by atoms with Gasteiger partial charge in [-0.2, -0.15) is 13.2 Å². The summed E-state index contributed by atoms with van der Waals surface area (Å²) >= 11 is 0. The molecule has 1 N–H and O–H groups in total. The third-order valence-electron chi connectivity index (χ3n) is 1.84. The highest BCUT2D eigenvalue weighted by Gasteiger charge is 2.42. The van der Waals surface area contributed by atoms with Crippen molar-refractivity contribution in [3.8, 4) is 0 Å². The maximum absolute atomic E-state index is 12.4.